The molecule has 0 unspecified atom stereocenters. The summed E-state index contributed by atoms with van der Waals surface area (Å²) in [5, 5.41) is 10.7. The van der Waals surface area contributed by atoms with E-state index in [0.717, 1.165) is 0 Å². The van der Waals surface area contributed by atoms with Gasteiger partial charge in [-0.05, 0) is 42.0 Å². The lowest BCUT2D eigenvalue weighted by Gasteiger charge is -2.12. The molecule has 8 nitrogen and oxygen atoms in total. The number of nitrogens with zero attached hydrogens (tertiary/aromatic N) is 2. The molecule has 0 atom stereocenters. The van der Waals surface area contributed by atoms with Crippen molar-refractivity contribution in [3.63, 3.8) is 0 Å². The normalized spacial score (nSPS) is 10.7. The van der Waals surface area contributed by atoms with Crippen LogP contribution in [0.2, 0.25) is 0 Å². The Morgan fingerprint density at radius 3 is 2.59 bits per heavy atom. The second-order valence-corrected chi connectivity index (χ2v) is 8.10. The van der Waals surface area contributed by atoms with Crippen LogP contribution in [0.25, 0.3) is 11.4 Å². The average molecular weight is 507 g/mol. The van der Waals surface area contributed by atoms with Crippen molar-refractivity contribution in [1.29, 1.82) is 0 Å². The number of aromatic amines is 1. The summed E-state index contributed by atoms with van der Waals surface area (Å²) in [7, 11) is 1.48. The van der Waals surface area contributed by atoms with Crippen molar-refractivity contribution < 1.29 is 23.0 Å². The second-order valence-electron chi connectivity index (χ2n) is 8.10. The number of nitrogens with one attached hydrogen (secondary N) is 2. The van der Waals surface area contributed by atoms with Crippen LogP contribution in [0.3, 0.4) is 0 Å². The van der Waals surface area contributed by atoms with Crippen LogP contribution >= 0.6 is 0 Å². The number of rotatable bonds is 10. The number of amides is 1. The number of ether oxygens (including phenoxy) is 2. The molecule has 1 aromatic heterocycles. The standard InChI is InChI=1S/C27H24F2N4O4/c1-36-24-14-18(9-11-23(24)37-16-17-5-4-7-20(28)13-17)26-31-27(35)22(32-33-26)10-12-25(34)30-15-19-6-2-3-8-21(19)29/h2-9,11,13-14H,10,12,15-16H2,1H3,(H,30,34)(H,31,33,35). The number of benzene rings is 3. The lowest BCUT2D eigenvalue weighted by atomic mass is 10.1. The van der Waals surface area contributed by atoms with E-state index < -0.39 is 11.4 Å². The van der Waals surface area contributed by atoms with Crippen molar-refractivity contribution in [2.45, 2.75) is 26.0 Å². The van der Waals surface area contributed by atoms with Gasteiger partial charge in [0.1, 0.15) is 23.9 Å². The molecule has 1 amide bonds. The summed E-state index contributed by atoms with van der Waals surface area (Å²) in [5.41, 5.74) is 1.20. The van der Waals surface area contributed by atoms with E-state index in [1.165, 1.54) is 25.3 Å². The van der Waals surface area contributed by atoms with E-state index in [-0.39, 0.29) is 49.2 Å². The molecule has 0 fully saturated rings. The molecule has 190 valence electrons. The van der Waals surface area contributed by atoms with E-state index in [4.69, 9.17) is 9.47 Å². The summed E-state index contributed by atoms with van der Waals surface area (Å²) in [5.74, 6) is -0.0445. The first-order valence-electron chi connectivity index (χ1n) is 11.4. The van der Waals surface area contributed by atoms with Gasteiger partial charge in [-0.25, -0.2) is 8.78 Å². The van der Waals surface area contributed by atoms with Gasteiger partial charge >= 0.3 is 0 Å². The smallest absolute Gasteiger partial charge is 0.273 e. The van der Waals surface area contributed by atoms with Crippen LogP contribution in [0, 0.1) is 11.6 Å². The maximum absolute atomic E-state index is 13.7. The monoisotopic (exact) mass is 506 g/mol. The second kappa shape index (κ2) is 11.9. The average Bonchev–Trinajstić information content (AvgIpc) is 2.90. The van der Waals surface area contributed by atoms with Gasteiger partial charge in [0.05, 0.1) is 7.11 Å². The highest BCUT2D eigenvalue weighted by Crippen LogP contribution is 2.31. The lowest BCUT2D eigenvalue weighted by Crippen LogP contribution is -2.25. The molecule has 3 aromatic carbocycles. The van der Waals surface area contributed by atoms with Gasteiger partial charge < -0.3 is 19.8 Å². The van der Waals surface area contributed by atoms with E-state index in [1.807, 2.05) is 0 Å². The molecule has 37 heavy (non-hydrogen) atoms. The van der Waals surface area contributed by atoms with Crippen LogP contribution < -0.4 is 20.3 Å². The maximum atomic E-state index is 13.7. The number of aryl methyl sites for hydroxylation is 1. The molecular formula is C27H24F2N4O4. The molecule has 0 aliphatic carbocycles. The molecule has 0 spiro atoms. The fourth-order valence-corrected chi connectivity index (χ4v) is 3.53. The molecular weight excluding hydrogens is 482 g/mol. The highest BCUT2D eigenvalue weighted by atomic mass is 19.1. The largest absolute Gasteiger partial charge is 0.493 e. The van der Waals surface area contributed by atoms with Crippen molar-refractivity contribution in [2.75, 3.05) is 7.11 Å². The molecule has 1 heterocycles. The Bertz CT molecular complexity index is 1460. The van der Waals surface area contributed by atoms with Gasteiger partial charge in [0.25, 0.3) is 5.56 Å². The maximum Gasteiger partial charge on any atom is 0.273 e. The molecule has 0 radical (unpaired) electrons. The van der Waals surface area contributed by atoms with Crippen LogP contribution in [0.1, 0.15) is 23.2 Å². The Labute approximate surface area is 211 Å². The molecule has 0 aliphatic rings. The van der Waals surface area contributed by atoms with Crippen LogP contribution in [0.4, 0.5) is 8.78 Å². The first kappa shape index (κ1) is 25.5. The summed E-state index contributed by atoms with van der Waals surface area (Å²) in [4.78, 5) is 27.3. The van der Waals surface area contributed by atoms with Gasteiger partial charge in [-0.1, -0.05) is 30.3 Å². The minimum Gasteiger partial charge on any atom is -0.493 e. The first-order chi connectivity index (χ1) is 17.9. The Balaban J connectivity index is 1.37. The van der Waals surface area contributed by atoms with Gasteiger partial charge in [0, 0.05) is 30.5 Å². The minimum atomic E-state index is -0.475. The molecule has 0 saturated heterocycles. The van der Waals surface area contributed by atoms with Crippen LogP contribution in [-0.2, 0) is 24.4 Å². The zero-order valence-corrected chi connectivity index (χ0v) is 20.0. The summed E-state index contributed by atoms with van der Waals surface area (Å²) >= 11 is 0. The van der Waals surface area contributed by atoms with Crippen molar-refractivity contribution in [3.8, 4) is 22.9 Å². The number of halogens is 2. The van der Waals surface area contributed by atoms with E-state index in [2.05, 4.69) is 20.5 Å². The number of carbonyl (C=O) groups is 1. The SMILES string of the molecule is COc1cc(-c2nnc(CCC(=O)NCc3ccccc3F)c(=O)[nH]2)ccc1OCc1cccc(F)c1. The Hall–Kier alpha value is -4.60. The number of H-pyrrole nitrogens is 1. The van der Waals surface area contributed by atoms with E-state index in [1.54, 1.807) is 48.5 Å². The third-order valence-corrected chi connectivity index (χ3v) is 5.51. The highest BCUT2D eigenvalue weighted by molar-refractivity contribution is 5.76. The number of hydrogen-bond donors (Lipinski definition) is 2. The van der Waals surface area contributed by atoms with Crippen molar-refractivity contribution in [1.82, 2.24) is 20.5 Å². The van der Waals surface area contributed by atoms with Gasteiger partial charge in [-0.15, -0.1) is 10.2 Å². The molecule has 10 heteroatoms. The molecule has 0 saturated carbocycles. The fourth-order valence-electron chi connectivity index (χ4n) is 3.53. The Kier molecular flexibility index (Phi) is 8.19. The Morgan fingerprint density at radius 1 is 1.00 bits per heavy atom. The predicted octanol–water partition coefficient (Wildman–Crippen LogP) is 3.95. The highest BCUT2D eigenvalue weighted by Gasteiger charge is 2.13. The summed E-state index contributed by atoms with van der Waals surface area (Å²) in [6, 6.07) is 17.2. The summed E-state index contributed by atoms with van der Waals surface area (Å²) in [6.45, 7) is 0.197. The molecule has 0 bridgehead atoms. The third kappa shape index (κ3) is 6.75. The van der Waals surface area contributed by atoms with Crippen LogP contribution in [0.5, 0.6) is 11.5 Å². The summed E-state index contributed by atoms with van der Waals surface area (Å²) in [6.07, 6.45) is 0.0681. The molecule has 4 aromatic rings. The van der Waals surface area contributed by atoms with Crippen molar-refractivity contribution in [2.24, 2.45) is 0 Å². The molecule has 2 N–H and O–H groups in total. The van der Waals surface area contributed by atoms with E-state index >= 15 is 0 Å². The van der Waals surface area contributed by atoms with Gasteiger partial charge in [-0.3, -0.25) is 9.59 Å². The quantitative estimate of drug-likeness (QED) is 0.338. The van der Waals surface area contributed by atoms with Gasteiger partial charge in [0.2, 0.25) is 5.91 Å². The zero-order valence-electron chi connectivity index (χ0n) is 20.0. The number of carbonyl (C=O) groups excluding carboxylic acids is 1. The number of aromatic nitrogens is 3. The van der Waals surface area contributed by atoms with Gasteiger partial charge in [-0.2, -0.15) is 0 Å². The zero-order chi connectivity index (χ0) is 26.2. The predicted molar refractivity (Wildman–Crippen MR) is 132 cm³/mol. The first-order valence-corrected chi connectivity index (χ1v) is 11.4. The minimum absolute atomic E-state index is 0.00324. The molecule has 4 rings (SSSR count). The van der Waals surface area contributed by atoms with Gasteiger partial charge in [0.15, 0.2) is 17.3 Å². The lowest BCUT2D eigenvalue weighted by molar-refractivity contribution is -0.121. The van der Waals surface area contributed by atoms with E-state index in [0.29, 0.717) is 28.2 Å². The fraction of sp³-hybridized carbons (Fsp3) is 0.185. The Morgan fingerprint density at radius 2 is 1.84 bits per heavy atom. The van der Waals surface area contributed by atoms with Crippen molar-refractivity contribution in [3.05, 3.63) is 106 Å². The van der Waals surface area contributed by atoms with Crippen molar-refractivity contribution >= 4 is 5.91 Å². The van der Waals surface area contributed by atoms with Crippen LogP contribution in [0.15, 0.2) is 71.5 Å². The summed E-state index contributed by atoms with van der Waals surface area (Å²) < 4.78 is 38.2. The van der Waals surface area contributed by atoms with E-state index in [9.17, 15) is 18.4 Å². The number of methoxy groups -OCH3 is 1. The molecule has 0 aliphatic heterocycles. The topological polar surface area (TPSA) is 106 Å². The number of hydrogen-bond acceptors (Lipinski definition) is 6. The third-order valence-electron chi connectivity index (χ3n) is 5.51. The van der Waals surface area contributed by atoms with Crippen LogP contribution in [-0.4, -0.2) is 28.2 Å².